The number of nitrogens with one attached hydrogen (secondary N) is 2. The summed E-state index contributed by atoms with van der Waals surface area (Å²) in [6, 6.07) is 14.9. The van der Waals surface area contributed by atoms with E-state index in [0.29, 0.717) is 12.8 Å². The zero-order valence-corrected chi connectivity index (χ0v) is 18.9. The Labute approximate surface area is 198 Å². The summed E-state index contributed by atoms with van der Waals surface area (Å²) in [6.07, 6.45) is 1.95. The molecule has 0 saturated heterocycles. The number of alkyl carbamates (subject to hydrolysis) is 1. The van der Waals surface area contributed by atoms with E-state index in [1.54, 1.807) is 0 Å². The molecular weight excluding hydrogens is 436 g/mol. The Morgan fingerprint density at radius 3 is 2.26 bits per heavy atom. The maximum absolute atomic E-state index is 12.6. The molecule has 0 bridgehead atoms. The number of hydrogen-bond donors (Lipinski definition) is 4. The second-order valence-electron chi connectivity index (χ2n) is 8.94. The van der Waals surface area contributed by atoms with Gasteiger partial charge < -0.3 is 25.6 Å². The predicted molar refractivity (Wildman–Crippen MR) is 125 cm³/mol. The van der Waals surface area contributed by atoms with Crippen LogP contribution in [0.1, 0.15) is 49.1 Å². The molecule has 3 atom stereocenters. The summed E-state index contributed by atoms with van der Waals surface area (Å²) in [5.41, 5.74) is 4.60. The third-order valence-corrected chi connectivity index (χ3v) is 6.74. The molecule has 0 radical (unpaired) electrons. The Morgan fingerprint density at radius 1 is 1.00 bits per heavy atom. The molecule has 2 aliphatic carbocycles. The van der Waals surface area contributed by atoms with Crippen LogP contribution in [0.25, 0.3) is 11.1 Å². The summed E-state index contributed by atoms with van der Waals surface area (Å²) in [6.45, 7) is -0.105. The normalized spacial score (nSPS) is 20.0. The third kappa shape index (κ3) is 5.22. The lowest BCUT2D eigenvalue weighted by Crippen LogP contribution is -2.47. The summed E-state index contributed by atoms with van der Waals surface area (Å²) < 4.78 is 5.61. The minimum Gasteiger partial charge on any atom is -0.480 e. The zero-order chi connectivity index (χ0) is 24.1. The van der Waals surface area contributed by atoms with Crippen LogP contribution in [-0.2, 0) is 14.3 Å². The lowest BCUT2D eigenvalue weighted by molar-refractivity contribution is -0.143. The number of benzene rings is 2. The first-order chi connectivity index (χ1) is 16.5. The lowest BCUT2D eigenvalue weighted by atomic mass is 9.85. The van der Waals surface area contributed by atoms with Gasteiger partial charge in [-0.2, -0.15) is 0 Å². The van der Waals surface area contributed by atoms with E-state index in [4.69, 9.17) is 9.84 Å². The van der Waals surface area contributed by atoms with E-state index in [0.717, 1.165) is 35.1 Å². The van der Waals surface area contributed by atoms with Gasteiger partial charge in [-0.3, -0.25) is 4.79 Å². The molecule has 1 fully saturated rings. The molecule has 2 aromatic rings. The maximum atomic E-state index is 12.6. The van der Waals surface area contributed by atoms with Gasteiger partial charge in [0.2, 0.25) is 5.91 Å². The molecule has 4 N–H and O–H groups in total. The number of carbonyl (C=O) groups excluding carboxylic acids is 2. The van der Waals surface area contributed by atoms with Crippen LogP contribution in [-0.4, -0.2) is 53.5 Å². The van der Waals surface area contributed by atoms with Crippen molar-refractivity contribution in [1.29, 1.82) is 0 Å². The van der Waals surface area contributed by atoms with Gasteiger partial charge in [0.05, 0.1) is 0 Å². The first-order valence-electron chi connectivity index (χ1n) is 11.7. The van der Waals surface area contributed by atoms with Crippen LogP contribution in [0.4, 0.5) is 4.79 Å². The van der Waals surface area contributed by atoms with Crippen molar-refractivity contribution in [2.45, 2.75) is 50.1 Å². The molecule has 2 amide bonds. The molecule has 0 spiro atoms. The molecule has 8 nitrogen and oxygen atoms in total. The number of aliphatic carboxylic acids is 1. The van der Waals surface area contributed by atoms with Crippen molar-refractivity contribution in [1.82, 2.24) is 10.6 Å². The molecule has 180 valence electrons. The number of fused-ring (bicyclic) bond motifs is 3. The predicted octanol–water partition coefficient (Wildman–Crippen LogP) is 3.04. The van der Waals surface area contributed by atoms with E-state index >= 15 is 0 Å². The van der Waals surface area contributed by atoms with Crippen molar-refractivity contribution in [2.75, 3.05) is 13.2 Å². The Bertz CT molecular complexity index is 1010. The number of amides is 2. The summed E-state index contributed by atoms with van der Waals surface area (Å²) in [7, 11) is 0. The highest BCUT2D eigenvalue weighted by molar-refractivity contribution is 5.85. The molecule has 8 heteroatoms. The van der Waals surface area contributed by atoms with Gasteiger partial charge in [0, 0.05) is 30.9 Å². The van der Waals surface area contributed by atoms with Crippen LogP contribution in [0.5, 0.6) is 0 Å². The molecule has 0 heterocycles. The molecule has 2 unspecified atom stereocenters. The van der Waals surface area contributed by atoms with E-state index < -0.39 is 24.0 Å². The first-order valence-corrected chi connectivity index (χ1v) is 11.7. The summed E-state index contributed by atoms with van der Waals surface area (Å²) >= 11 is 0. The topological polar surface area (TPSA) is 125 Å². The van der Waals surface area contributed by atoms with Crippen LogP contribution < -0.4 is 10.6 Å². The van der Waals surface area contributed by atoms with E-state index in [1.807, 2.05) is 24.3 Å². The van der Waals surface area contributed by atoms with Crippen LogP contribution in [0.15, 0.2) is 48.5 Å². The minimum absolute atomic E-state index is 0.0255. The molecule has 2 aliphatic rings. The molecule has 4 rings (SSSR count). The number of hydrogen-bond acceptors (Lipinski definition) is 5. The Kier molecular flexibility index (Phi) is 7.47. The van der Waals surface area contributed by atoms with E-state index in [1.165, 1.54) is 0 Å². The van der Waals surface area contributed by atoms with Gasteiger partial charge in [0.15, 0.2) is 0 Å². The van der Waals surface area contributed by atoms with Crippen molar-refractivity contribution in [3.8, 4) is 11.1 Å². The fourth-order valence-electron chi connectivity index (χ4n) is 5.04. The van der Waals surface area contributed by atoms with Gasteiger partial charge in [-0.15, -0.1) is 0 Å². The second kappa shape index (κ2) is 10.7. The Hall–Kier alpha value is -3.39. The number of carboxylic acid groups (broad SMARTS) is 1. The standard InChI is InChI=1S/C26H30N2O6/c29-13-12-23(25(31)32)28-24(30)16-6-5-7-17(14-16)27-26(33)34-15-22-20-10-3-1-8-18(20)19-9-2-4-11-21(19)22/h1-4,8-11,16-17,22-23,29H,5-7,12-15H2,(H,27,33)(H,28,30)(H,31,32)/t16?,17?,23-/m1/s1. The minimum atomic E-state index is -1.17. The van der Waals surface area contributed by atoms with Gasteiger partial charge in [-0.05, 0) is 41.5 Å². The molecule has 1 saturated carbocycles. The van der Waals surface area contributed by atoms with Gasteiger partial charge in [0.1, 0.15) is 12.6 Å². The summed E-state index contributed by atoms with van der Waals surface area (Å²) in [5, 5.41) is 23.6. The van der Waals surface area contributed by atoms with E-state index in [-0.39, 0.29) is 37.5 Å². The fraction of sp³-hybridized carbons (Fsp3) is 0.423. The van der Waals surface area contributed by atoms with Crippen LogP contribution in [0.2, 0.25) is 0 Å². The smallest absolute Gasteiger partial charge is 0.407 e. The lowest BCUT2D eigenvalue weighted by Gasteiger charge is -2.29. The van der Waals surface area contributed by atoms with Crippen molar-refractivity contribution < 1.29 is 29.3 Å². The Morgan fingerprint density at radius 2 is 1.65 bits per heavy atom. The van der Waals surface area contributed by atoms with Crippen molar-refractivity contribution in [3.63, 3.8) is 0 Å². The zero-order valence-electron chi connectivity index (χ0n) is 18.9. The van der Waals surface area contributed by atoms with Crippen LogP contribution in [0, 0.1) is 5.92 Å². The van der Waals surface area contributed by atoms with Crippen LogP contribution in [0.3, 0.4) is 0 Å². The Balaban J connectivity index is 1.31. The van der Waals surface area contributed by atoms with Crippen molar-refractivity contribution in [2.24, 2.45) is 5.92 Å². The SMILES string of the molecule is O=C(NC1CCCC(C(=O)N[C@H](CCO)C(=O)O)C1)OCC1c2ccccc2-c2ccccc21. The molecule has 2 aromatic carbocycles. The first kappa shape index (κ1) is 23.8. The molecule has 0 aliphatic heterocycles. The van der Waals surface area contributed by atoms with E-state index in [9.17, 15) is 19.5 Å². The number of carboxylic acids is 1. The average molecular weight is 467 g/mol. The van der Waals surface area contributed by atoms with Gasteiger partial charge >= 0.3 is 12.1 Å². The summed E-state index contributed by atoms with van der Waals surface area (Å²) in [5.74, 6) is -1.96. The molecular formula is C26H30N2O6. The molecule has 0 aromatic heterocycles. The van der Waals surface area contributed by atoms with Crippen LogP contribution >= 0.6 is 0 Å². The number of ether oxygens (including phenoxy) is 1. The quantitative estimate of drug-likeness (QED) is 0.474. The monoisotopic (exact) mass is 466 g/mol. The number of carbonyl (C=O) groups is 3. The maximum Gasteiger partial charge on any atom is 0.407 e. The van der Waals surface area contributed by atoms with Crippen molar-refractivity contribution >= 4 is 18.0 Å². The summed E-state index contributed by atoms with van der Waals surface area (Å²) in [4.78, 5) is 36.4. The highest BCUT2D eigenvalue weighted by Gasteiger charge is 2.32. The average Bonchev–Trinajstić information content (AvgIpc) is 3.16. The third-order valence-electron chi connectivity index (χ3n) is 6.74. The number of aliphatic hydroxyl groups excluding tert-OH is 1. The largest absolute Gasteiger partial charge is 0.480 e. The second-order valence-corrected chi connectivity index (χ2v) is 8.94. The fourth-order valence-corrected chi connectivity index (χ4v) is 5.04. The highest BCUT2D eigenvalue weighted by Crippen LogP contribution is 2.44. The van der Waals surface area contributed by atoms with Crippen molar-refractivity contribution in [3.05, 3.63) is 59.7 Å². The van der Waals surface area contributed by atoms with Gasteiger partial charge in [0.25, 0.3) is 0 Å². The van der Waals surface area contributed by atoms with Gasteiger partial charge in [-0.1, -0.05) is 55.0 Å². The van der Waals surface area contributed by atoms with Gasteiger partial charge in [-0.25, -0.2) is 9.59 Å². The van der Waals surface area contributed by atoms with E-state index in [2.05, 4.69) is 34.9 Å². The number of rotatable bonds is 8. The number of aliphatic hydroxyl groups is 1. The highest BCUT2D eigenvalue weighted by atomic mass is 16.5. The molecule has 34 heavy (non-hydrogen) atoms.